The molecule has 1 unspecified atom stereocenters. The van der Waals surface area contributed by atoms with Crippen LogP contribution < -0.4 is 16.0 Å². The second-order valence-electron chi connectivity index (χ2n) is 4.14. The monoisotopic (exact) mass is 261 g/mol. The molecule has 0 aliphatic rings. The topological polar surface area (TPSA) is 60.2 Å². The Morgan fingerprint density at radius 1 is 1.37 bits per heavy atom. The number of aromatic nitrogens is 1. The molecule has 0 amide bonds. The van der Waals surface area contributed by atoms with E-state index in [-0.39, 0.29) is 11.9 Å². The van der Waals surface area contributed by atoms with Gasteiger partial charge in [0, 0.05) is 18.0 Å². The van der Waals surface area contributed by atoms with Crippen molar-refractivity contribution in [2.45, 2.75) is 12.5 Å². The van der Waals surface area contributed by atoms with Crippen molar-refractivity contribution in [2.24, 2.45) is 5.84 Å². The number of rotatable bonds is 5. The fourth-order valence-electron chi connectivity index (χ4n) is 2.03. The summed E-state index contributed by atoms with van der Waals surface area (Å²) in [6.45, 7) is 0. The normalized spacial score (nSPS) is 12.2. The molecule has 5 heteroatoms. The molecule has 1 atom stereocenters. The number of nitrogens with zero attached hydrogens (tertiary/aromatic N) is 1. The third-order valence-electron chi connectivity index (χ3n) is 2.95. The molecule has 2 aromatic rings. The molecule has 19 heavy (non-hydrogen) atoms. The summed E-state index contributed by atoms with van der Waals surface area (Å²) in [5, 5.41) is 0. The van der Waals surface area contributed by atoms with Crippen LogP contribution >= 0.6 is 0 Å². The number of benzene rings is 1. The van der Waals surface area contributed by atoms with Gasteiger partial charge in [0.25, 0.3) is 0 Å². The Kier molecular flexibility index (Phi) is 4.43. The summed E-state index contributed by atoms with van der Waals surface area (Å²) in [4.78, 5) is 4.04. The van der Waals surface area contributed by atoms with Gasteiger partial charge >= 0.3 is 0 Å². The molecule has 0 saturated heterocycles. The first kappa shape index (κ1) is 13.5. The van der Waals surface area contributed by atoms with Crippen LogP contribution in [0.15, 0.2) is 42.7 Å². The molecule has 0 spiro atoms. The second-order valence-corrected chi connectivity index (χ2v) is 4.14. The van der Waals surface area contributed by atoms with E-state index in [0.717, 1.165) is 5.56 Å². The van der Waals surface area contributed by atoms with Crippen LogP contribution in [0.2, 0.25) is 0 Å². The Hall–Kier alpha value is -1.98. The number of nitrogens with two attached hydrogens (primary N) is 1. The number of halogens is 1. The van der Waals surface area contributed by atoms with Gasteiger partial charge in [-0.05, 0) is 30.2 Å². The lowest BCUT2D eigenvalue weighted by Gasteiger charge is -2.19. The highest BCUT2D eigenvalue weighted by atomic mass is 19.1. The highest BCUT2D eigenvalue weighted by Crippen LogP contribution is 2.29. The van der Waals surface area contributed by atoms with Gasteiger partial charge in [0.15, 0.2) is 0 Å². The standard InChI is InChI=1S/C14H16FN3O/c1-19-13-6-2-5-11(15)14(13)12(18-16)8-10-4-3-7-17-9-10/h2-7,9,12,18H,8,16H2,1H3. The Balaban J connectivity index is 2.32. The predicted molar refractivity (Wildman–Crippen MR) is 71.0 cm³/mol. The summed E-state index contributed by atoms with van der Waals surface area (Å²) in [6, 6.07) is 8.10. The van der Waals surface area contributed by atoms with Crippen molar-refractivity contribution in [1.82, 2.24) is 10.4 Å². The van der Waals surface area contributed by atoms with E-state index in [4.69, 9.17) is 10.6 Å². The number of methoxy groups -OCH3 is 1. The van der Waals surface area contributed by atoms with Gasteiger partial charge in [0.1, 0.15) is 11.6 Å². The number of nitrogens with one attached hydrogen (secondary N) is 1. The van der Waals surface area contributed by atoms with Crippen molar-refractivity contribution in [3.05, 3.63) is 59.7 Å². The van der Waals surface area contributed by atoms with Crippen LogP contribution in [-0.4, -0.2) is 12.1 Å². The van der Waals surface area contributed by atoms with E-state index in [0.29, 0.717) is 17.7 Å². The van der Waals surface area contributed by atoms with E-state index < -0.39 is 0 Å². The highest BCUT2D eigenvalue weighted by Gasteiger charge is 2.19. The third kappa shape index (κ3) is 3.07. The SMILES string of the molecule is COc1cccc(F)c1C(Cc1cccnc1)NN. The molecular formula is C14H16FN3O. The number of hydrogen-bond acceptors (Lipinski definition) is 4. The van der Waals surface area contributed by atoms with Crippen LogP contribution in [0, 0.1) is 5.82 Å². The lowest BCUT2D eigenvalue weighted by Crippen LogP contribution is -2.30. The molecule has 1 heterocycles. The lowest BCUT2D eigenvalue weighted by molar-refractivity contribution is 0.390. The maximum absolute atomic E-state index is 14.0. The lowest BCUT2D eigenvalue weighted by atomic mass is 9.99. The molecule has 3 N–H and O–H groups in total. The molecule has 0 aliphatic heterocycles. The first-order valence-electron chi connectivity index (χ1n) is 5.93. The van der Waals surface area contributed by atoms with Crippen molar-refractivity contribution < 1.29 is 9.13 Å². The molecule has 0 bridgehead atoms. The molecule has 0 radical (unpaired) electrons. The molecule has 1 aromatic heterocycles. The fourth-order valence-corrected chi connectivity index (χ4v) is 2.03. The second kappa shape index (κ2) is 6.26. The fraction of sp³-hybridized carbons (Fsp3) is 0.214. The molecule has 0 saturated carbocycles. The maximum atomic E-state index is 14.0. The van der Waals surface area contributed by atoms with Crippen molar-refractivity contribution >= 4 is 0 Å². The van der Waals surface area contributed by atoms with Crippen molar-refractivity contribution in [1.29, 1.82) is 0 Å². The minimum absolute atomic E-state index is 0.341. The van der Waals surface area contributed by atoms with Crippen LogP contribution in [0.5, 0.6) is 5.75 Å². The summed E-state index contributed by atoms with van der Waals surface area (Å²) >= 11 is 0. The minimum atomic E-state index is -0.375. The summed E-state index contributed by atoms with van der Waals surface area (Å²) in [5.41, 5.74) is 4.03. The van der Waals surface area contributed by atoms with E-state index in [2.05, 4.69) is 10.4 Å². The molecule has 2 rings (SSSR count). The average molecular weight is 261 g/mol. The van der Waals surface area contributed by atoms with Gasteiger partial charge in [-0.3, -0.25) is 16.3 Å². The van der Waals surface area contributed by atoms with Crippen LogP contribution in [-0.2, 0) is 6.42 Å². The molecule has 0 aliphatic carbocycles. The Morgan fingerprint density at radius 3 is 2.84 bits per heavy atom. The Labute approximate surface area is 111 Å². The summed E-state index contributed by atoms with van der Waals surface area (Å²) in [5.74, 6) is 5.69. The Bertz CT molecular complexity index is 533. The summed E-state index contributed by atoms with van der Waals surface area (Å²) in [7, 11) is 1.51. The summed E-state index contributed by atoms with van der Waals surface area (Å²) in [6.07, 6.45) is 3.96. The zero-order valence-corrected chi connectivity index (χ0v) is 10.6. The molecule has 4 nitrogen and oxygen atoms in total. The van der Waals surface area contributed by atoms with Gasteiger partial charge < -0.3 is 4.74 Å². The van der Waals surface area contributed by atoms with E-state index in [1.807, 2.05) is 12.1 Å². The molecular weight excluding hydrogens is 245 g/mol. The zero-order valence-electron chi connectivity index (χ0n) is 10.6. The number of hydrogen-bond donors (Lipinski definition) is 2. The van der Waals surface area contributed by atoms with Crippen LogP contribution in [0.3, 0.4) is 0 Å². The first-order chi connectivity index (χ1) is 9.26. The van der Waals surface area contributed by atoms with E-state index in [9.17, 15) is 4.39 Å². The number of pyridine rings is 1. The predicted octanol–water partition coefficient (Wildman–Crippen LogP) is 1.98. The van der Waals surface area contributed by atoms with Crippen LogP contribution in [0.1, 0.15) is 17.2 Å². The first-order valence-corrected chi connectivity index (χ1v) is 5.93. The van der Waals surface area contributed by atoms with Crippen molar-refractivity contribution in [3.8, 4) is 5.75 Å². The molecule has 1 aromatic carbocycles. The minimum Gasteiger partial charge on any atom is -0.496 e. The van der Waals surface area contributed by atoms with Crippen LogP contribution in [0.25, 0.3) is 0 Å². The smallest absolute Gasteiger partial charge is 0.131 e. The van der Waals surface area contributed by atoms with Gasteiger partial charge in [-0.2, -0.15) is 0 Å². The van der Waals surface area contributed by atoms with Gasteiger partial charge in [0.05, 0.1) is 13.2 Å². The number of hydrazine groups is 1. The van der Waals surface area contributed by atoms with E-state index in [1.54, 1.807) is 24.5 Å². The van der Waals surface area contributed by atoms with Gasteiger partial charge in [-0.1, -0.05) is 12.1 Å². The van der Waals surface area contributed by atoms with Crippen LogP contribution in [0.4, 0.5) is 4.39 Å². The van der Waals surface area contributed by atoms with Crippen molar-refractivity contribution in [3.63, 3.8) is 0 Å². The van der Waals surface area contributed by atoms with Gasteiger partial charge in [-0.15, -0.1) is 0 Å². The van der Waals surface area contributed by atoms with Gasteiger partial charge in [0.2, 0.25) is 0 Å². The average Bonchev–Trinajstić information content (AvgIpc) is 2.46. The largest absolute Gasteiger partial charge is 0.496 e. The number of ether oxygens (including phenoxy) is 1. The quantitative estimate of drug-likeness (QED) is 0.638. The molecule has 0 fully saturated rings. The zero-order chi connectivity index (χ0) is 13.7. The summed E-state index contributed by atoms with van der Waals surface area (Å²) < 4.78 is 19.2. The van der Waals surface area contributed by atoms with E-state index in [1.165, 1.54) is 13.2 Å². The van der Waals surface area contributed by atoms with Gasteiger partial charge in [-0.25, -0.2) is 4.39 Å². The molecule has 100 valence electrons. The third-order valence-corrected chi connectivity index (χ3v) is 2.95. The Morgan fingerprint density at radius 2 is 2.21 bits per heavy atom. The van der Waals surface area contributed by atoms with E-state index >= 15 is 0 Å². The maximum Gasteiger partial charge on any atom is 0.131 e. The highest BCUT2D eigenvalue weighted by molar-refractivity contribution is 5.38. The van der Waals surface area contributed by atoms with Crippen molar-refractivity contribution in [2.75, 3.05) is 7.11 Å².